The summed E-state index contributed by atoms with van der Waals surface area (Å²) in [5, 5.41) is 6.82. The Morgan fingerprint density at radius 3 is 2.65 bits per heavy atom. The smallest absolute Gasteiger partial charge is 0.321 e. The van der Waals surface area contributed by atoms with Gasteiger partial charge in [0.25, 0.3) is 5.91 Å². The van der Waals surface area contributed by atoms with Crippen LogP contribution in [0, 0.1) is 0 Å². The number of amides is 1. The number of hydrogen-bond donors (Lipinski definition) is 2. The second-order valence-electron chi connectivity index (χ2n) is 8.45. The molecule has 2 N–H and O–H groups in total. The summed E-state index contributed by atoms with van der Waals surface area (Å²) in [5.41, 5.74) is 6.05. The third-order valence-electron chi connectivity index (χ3n) is 6.17. The van der Waals surface area contributed by atoms with E-state index in [-0.39, 0.29) is 6.01 Å². The molecule has 3 aromatic heterocycles. The van der Waals surface area contributed by atoms with Gasteiger partial charge in [0.1, 0.15) is 23.5 Å². The van der Waals surface area contributed by atoms with Gasteiger partial charge in [-0.2, -0.15) is 0 Å². The van der Waals surface area contributed by atoms with Crippen LogP contribution in [0.1, 0.15) is 5.56 Å². The molecule has 1 amide bonds. The monoisotopic (exact) mass is 493 g/mol. The Morgan fingerprint density at radius 1 is 1.11 bits per heavy atom. The Kier molecular flexibility index (Phi) is 5.33. The first kappa shape index (κ1) is 22.4. The number of aromatic nitrogens is 5. The number of fused-ring (bicyclic) bond motifs is 2. The predicted octanol–water partition coefficient (Wildman–Crippen LogP) is 5.23. The minimum Gasteiger partial charge on any atom is -0.424 e. The zero-order valence-electron chi connectivity index (χ0n) is 19.7. The Morgan fingerprint density at radius 2 is 1.89 bits per heavy atom. The number of nitrogens with zero attached hydrogens (tertiary/aromatic N) is 5. The molecule has 0 spiro atoms. The standard InChI is InChI=1S/C27H20FN7O2/c1-15(28)26(36)34-18-6-4-16(5-7-18)23-21-20-9-8-19(37-27-29-10-3-11-30-27)12-17(20)13-31-24-22(21)25(35(23)2)33-14-32-24/h3-12,14H,1,13H2,2H3,(H,34,36)(H,31,32,33). The lowest BCUT2D eigenvalue weighted by atomic mass is 9.95. The van der Waals surface area contributed by atoms with Gasteiger partial charge in [-0.15, -0.1) is 0 Å². The van der Waals surface area contributed by atoms with Crippen LogP contribution in [0.2, 0.25) is 0 Å². The SMILES string of the molecule is C=C(F)C(=O)Nc1ccc(-c2c3c4c(ncnc4n2C)NCc2cc(Oc4ncccn4)ccc2-3)cc1. The molecule has 6 rings (SSSR count). The third kappa shape index (κ3) is 3.94. The van der Waals surface area contributed by atoms with Gasteiger partial charge >= 0.3 is 6.01 Å². The van der Waals surface area contributed by atoms with E-state index < -0.39 is 11.7 Å². The van der Waals surface area contributed by atoms with Crippen LogP contribution in [0.15, 0.2) is 79.7 Å². The average Bonchev–Trinajstić information content (AvgIpc) is 3.10. The van der Waals surface area contributed by atoms with E-state index in [1.54, 1.807) is 30.6 Å². The third-order valence-corrected chi connectivity index (χ3v) is 6.17. The fourth-order valence-corrected chi connectivity index (χ4v) is 4.54. The number of carbonyl (C=O) groups excluding carboxylic acids is 1. The Labute approximate surface area is 210 Å². The topological polar surface area (TPSA) is 107 Å². The van der Waals surface area contributed by atoms with Crippen molar-refractivity contribution in [3.8, 4) is 34.1 Å². The van der Waals surface area contributed by atoms with E-state index in [9.17, 15) is 9.18 Å². The lowest BCUT2D eigenvalue weighted by molar-refractivity contribution is -0.114. The van der Waals surface area contributed by atoms with Gasteiger partial charge in [0.2, 0.25) is 0 Å². The van der Waals surface area contributed by atoms with Crippen molar-refractivity contribution in [3.63, 3.8) is 0 Å². The van der Waals surface area contributed by atoms with E-state index in [1.165, 1.54) is 6.33 Å². The molecule has 0 saturated heterocycles. The fraction of sp³-hybridized carbons (Fsp3) is 0.0741. The van der Waals surface area contributed by atoms with Crippen LogP contribution in [0.5, 0.6) is 11.8 Å². The van der Waals surface area contributed by atoms with Crippen molar-refractivity contribution in [3.05, 3.63) is 85.2 Å². The number of benzene rings is 2. The largest absolute Gasteiger partial charge is 0.424 e. The molecule has 0 unspecified atom stereocenters. The summed E-state index contributed by atoms with van der Waals surface area (Å²) in [5.74, 6) is -0.567. The quantitative estimate of drug-likeness (QED) is 0.323. The molecule has 37 heavy (non-hydrogen) atoms. The molecule has 1 aliphatic rings. The lowest BCUT2D eigenvalue weighted by Gasteiger charge is -2.13. The van der Waals surface area contributed by atoms with Gasteiger partial charge in [0, 0.05) is 37.2 Å². The number of nitrogens with one attached hydrogen (secondary N) is 2. The van der Waals surface area contributed by atoms with E-state index >= 15 is 0 Å². The van der Waals surface area contributed by atoms with Crippen molar-refractivity contribution in [2.45, 2.75) is 6.54 Å². The van der Waals surface area contributed by atoms with Crippen molar-refractivity contribution in [1.82, 2.24) is 24.5 Å². The molecule has 5 aromatic rings. The molecule has 0 bridgehead atoms. The summed E-state index contributed by atoms with van der Waals surface area (Å²) in [4.78, 5) is 29.0. The maximum absolute atomic E-state index is 13.1. The molecule has 4 heterocycles. The Balaban J connectivity index is 1.47. The number of hydrogen-bond acceptors (Lipinski definition) is 7. The molecule has 0 radical (unpaired) electrons. The number of rotatable bonds is 5. The van der Waals surface area contributed by atoms with Gasteiger partial charge in [0.05, 0.1) is 11.1 Å². The summed E-state index contributed by atoms with van der Waals surface area (Å²) in [6.07, 6.45) is 4.79. The van der Waals surface area contributed by atoms with Gasteiger partial charge in [-0.25, -0.2) is 24.3 Å². The highest BCUT2D eigenvalue weighted by atomic mass is 19.1. The first-order chi connectivity index (χ1) is 18.0. The molecule has 10 heteroatoms. The minimum absolute atomic E-state index is 0.268. The van der Waals surface area contributed by atoms with Gasteiger partial charge in [-0.05, 0) is 47.0 Å². The molecule has 182 valence electrons. The van der Waals surface area contributed by atoms with Gasteiger partial charge < -0.3 is 19.9 Å². The van der Waals surface area contributed by atoms with E-state index in [0.717, 1.165) is 44.8 Å². The normalized spacial score (nSPS) is 11.8. The molecule has 2 aromatic carbocycles. The second kappa shape index (κ2) is 8.83. The van der Waals surface area contributed by atoms with Crippen LogP contribution in [0.25, 0.3) is 33.4 Å². The average molecular weight is 494 g/mol. The van der Waals surface area contributed by atoms with Gasteiger partial charge in [-0.3, -0.25) is 4.79 Å². The first-order valence-corrected chi connectivity index (χ1v) is 11.4. The lowest BCUT2D eigenvalue weighted by Crippen LogP contribution is -2.10. The summed E-state index contributed by atoms with van der Waals surface area (Å²) < 4.78 is 21.0. The summed E-state index contributed by atoms with van der Waals surface area (Å²) in [6, 6.07) is 15.0. The zero-order valence-corrected chi connectivity index (χ0v) is 19.7. The zero-order chi connectivity index (χ0) is 25.5. The molecular weight excluding hydrogens is 473 g/mol. The molecule has 9 nitrogen and oxygen atoms in total. The van der Waals surface area contributed by atoms with Crippen LogP contribution in [0.3, 0.4) is 0 Å². The van der Waals surface area contributed by atoms with Crippen LogP contribution in [0.4, 0.5) is 15.9 Å². The summed E-state index contributed by atoms with van der Waals surface area (Å²) in [6.45, 7) is 3.56. The van der Waals surface area contributed by atoms with Crippen LogP contribution in [-0.4, -0.2) is 30.4 Å². The van der Waals surface area contributed by atoms with E-state index in [1.807, 2.05) is 41.9 Å². The van der Waals surface area contributed by atoms with Crippen LogP contribution in [-0.2, 0) is 18.4 Å². The van der Waals surface area contributed by atoms with E-state index in [0.29, 0.717) is 18.0 Å². The van der Waals surface area contributed by atoms with Gasteiger partial charge in [-0.1, -0.05) is 24.8 Å². The highest BCUT2D eigenvalue weighted by molar-refractivity contribution is 6.09. The Bertz CT molecular complexity index is 1680. The van der Waals surface area contributed by atoms with Crippen LogP contribution >= 0.6 is 0 Å². The van der Waals surface area contributed by atoms with E-state index in [4.69, 9.17) is 4.74 Å². The number of carbonyl (C=O) groups is 1. The summed E-state index contributed by atoms with van der Waals surface area (Å²) in [7, 11) is 1.95. The van der Waals surface area contributed by atoms with Crippen molar-refractivity contribution in [1.29, 1.82) is 0 Å². The first-order valence-electron chi connectivity index (χ1n) is 11.4. The molecule has 0 aliphatic carbocycles. The van der Waals surface area contributed by atoms with Crippen molar-refractivity contribution in [2.24, 2.45) is 7.05 Å². The fourth-order valence-electron chi connectivity index (χ4n) is 4.54. The number of ether oxygens (including phenoxy) is 1. The molecule has 1 aliphatic heterocycles. The predicted molar refractivity (Wildman–Crippen MR) is 138 cm³/mol. The maximum atomic E-state index is 13.1. The number of anilines is 2. The maximum Gasteiger partial charge on any atom is 0.321 e. The van der Waals surface area contributed by atoms with Crippen molar-refractivity contribution in [2.75, 3.05) is 10.6 Å². The highest BCUT2D eigenvalue weighted by Gasteiger charge is 2.26. The molecule has 0 atom stereocenters. The van der Waals surface area contributed by atoms with Crippen molar-refractivity contribution >= 4 is 28.4 Å². The van der Waals surface area contributed by atoms with Gasteiger partial charge in [0.15, 0.2) is 5.83 Å². The molecular formula is C27H20FN7O2. The second-order valence-corrected chi connectivity index (χ2v) is 8.45. The van der Waals surface area contributed by atoms with E-state index in [2.05, 4.69) is 37.1 Å². The minimum atomic E-state index is -1.05. The summed E-state index contributed by atoms with van der Waals surface area (Å²) >= 11 is 0. The van der Waals surface area contributed by atoms with Crippen molar-refractivity contribution < 1.29 is 13.9 Å². The Hall–Kier alpha value is -5.12. The molecule has 0 saturated carbocycles. The molecule has 0 fully saturated rings. The highest BCUT2D eigenvalue weighted by Crippen LogP contribution is 2.46. The number of aryl methyl sites for hydroxylation is 1. The van der Waals surface area contributed by atoms with Crippen LogP contribution < -0.4 is 15.4 Å². The number of halogens is 1.